The van der Waals surface area contributed by atoms with E-state index < -0.39 is 5.95 Å². The lowest BCUT2D eigenvalue weighted by Crippen LogP contribution is -2.16. The summed E-state index contributed by atoms with van der Waals surface area (Å²) in [6.45, 7) is 0.454. The van der Waals surface area contributed by atoms with Gasteiger partial charge >= 0.3 is 0 Å². The van der Waals surface area contributed by atoms with Crippen LogP contribution in [-0.4, -0.2) is 11.5 Å². The predicted octanol–water partition coefficient (Wildman–Crippen LogP) is 0.569. The van der Waals surface area contributed by atoms with Crippen molar-refractivity contribution in [3.05, 3.63) is 29.8 Å². The molecular weight excluding hydrogens is 157 g/mol. The Balaban J connectivity index is 2.79. The monoisotopic (exact) mass is 169 g/mol. The molecule has 0 bridgehead atoms. The molecule has 1 heterocycles. The Kier molecular flexibility index (Phi) is 3.13. The highest BCUT2D eigenvalue weighted by Gasteiger charge is 2.09. The van der Waals surface area contributed by atoms with E-state index in [1.807, 2.05) is 0 Å². The molecule has 0 amide bonds. The minimum Gasteiger partial charge on any atom is -0.330 e. The number of hydrogen-bond donors (Lipinski definition) is 2. The Bertz CT molecular complexity index is 252. The van der Waals surface area contributed by atoms with Gasteiger partial charge in [0.25, 0.3) is 0 Å². The van der Waals surface area contributed by atoms with Crippen LogP contribution in [0.3, 0.4) is 0 Å². The fraction of sp³-hybridized carbons (Fsp3) is 0.375. The van der Waals surface area contributed by atoms with E-state index in [0.29, 0.717) is 18.5 Å². The number of nitrogens with two attached hydrogens (primary N) is 2. The van der Waals surface area contributed by atoms with Crippen LogP contribution in [0.2, 0.25) is 0 Å². The molecule has 4 N–H and O–H groups in total. The third-order valence-electron chi connectivity index (χ3n) is 1.67. The lowest BCUT2D eigenvalue weighted by Gasteiger charge is -2.09. The van der Waals surface area contributed by atoms with E-state index in [1.54, 1.807) is 12.1 Å². The number of nitrogens with zero attached hydrogens (tertiary/aromatic N) is 1. The van der Waals surface area contributed by atoms with Gasteiger partial charge in [-0.2, -0.15) is 4.39 Å². The van der Waals surface area contributed by atoms with Crippen LogP contribution in [-0.2, 0) is 0 Å². The summed E-state index contributed by atoms with van der Waals surface area (Å²) in [5.41, 5.74) is 11.4. The second-order valence-electron chi connectivity index (χ2n) is 2.57. The number of halogens is 1. The summed E-state index contributed by atoms with van der Waals surface area (Å²) in [6, 6.07) is 2.95. The quantitative estimate of drug-likeness (QED) is 0.650. The second-order valence-corrected chi connectivity index (χ2v) is 2.57. The van der Waals surface area contributed by atoms with E-state index in [9.17, 15) is 4.39 Å². The van der Waals surface area contributed by atoms with Gasteiger partial charge in [-0.25, -0.2) is 4.98 Å². The molecule has 1 aromatic rings. The van der Waals surface area contributed by atoms with Gasteiger partial charge in [0.1, 0.15) is 0 Å². The molecule has 0 aliphatic carbocycles. The lowest BCUT2D eigenvalue weighted by atomic mass is 10.1. The molecule has 0 spiro atoms. The molecular formula is C8H12FN3. The van der Waals surface area contributed by atoms with Crippen LogP contribution in [0.15, 0.2) is 18.3 Å². The summed E-state index contributed by atoms with van der Waals surface area (Å²) in [6.07, 6.45) is 1.97. The van der Waals surface area contributed by atoms with Gasteiger partial charge in [-0.05, 0) is 19.0 Å². The Morgan fingerprint density at radius 1 is 1.58 bits per heavy atom. The molecule has 0 aromatic carbocycles. The van der Waals surface area contributed by atoms with E-state index in [1.165, 1.54) is 6.20 Å². The van der Waals surface area contributed by atoms with Crippen LogP contribution in [0.25, 0.3) is 0 Å². The minimum atomic E-state index is -0.501. The molecule has 0 radical (unpaired) electrons. The molecule has 0 saturated heterocycles. The molecule has 12 heavy (non-hydrogen) atoms. The van der Waals surface area contributed by atoms with Crippen LogP contribution in [0.4, 0.5) is 4.39 Å². The summed E-state index contributed by atoms with van der Waals surface area (Å²) in [4.78, 5) is 3.49. The lowest BCUT2D eigenvalue weighted by molar-refractivity contribution is 0.535. The zero-order valence-electron chi connectivity index (χ0n) is 6.70. The maximum absolute atomic E-state index is 12.9. The van der Waals surface area contributed by atoms with Crippen LogP contribution in [0, 0.1) is 5.95 Å². The third kappa shape index (κ3) is 1.99. The summed E-state index contributed by atoms with van der Waals surface area (Å²) in [5.74, 6) is -0.501. The van der Waals surface area contributed by atoms with Crippen LogP contribution in [0.5, 0.6) is 0 Å². The van der Waals surface area contributed by atoms with Crippen molar-refractivity contribution in [3.63, 3.8) is 0 Å². The number of pyridine rings is 1. The maximum atomic E-state index is 12.9. The first kappa shape index (κ1) is 9.09. The van der Waals surface area contributed by atoms with Gasteiger partial charge in [0.15, 0.2) is 0 Å². The van der Waals surface area contributed by atoms with Gasteiger partial charge < -0.3 is 11.5 Å². The highest BCUT2D eigenvalue weighted by atomic mass is 19.1. The number of rotatable bonds is 3. The Hall–Kier alpha value is -1.00. The van der Waals surface area contributed by atoms with Gasteiger partial charge in [0.05, 0.1) is 0 Å². The topological polar surface area (TPSA) is 64.9 Å². The standard InChI is InChI=1S/C8H12FN3/c9-8-6(2-1-5-12-8)7(11)3-4-10/h1-2,5,7H,3-4,10-11H2/t7-/m1/s1. The van der Waals surface area contributed by atoms with E-state index >= 15 is 0 Å². The molecule has 0 fully saturated rings. The SMILES string of the molecule is NCC[C@@H](N)c1cccnc1F. The molecule has 0 unspecified atom stereocenters. The molecule has 1 aromatic heterocycles. The fourth-order valence-electron chi connectivity index (χ4n) is 1.01. The van der Waals surface area contributed by atoms with Crippen molar-refractivity contribution in [2.75, 3.05) is 6.54 Å². The smallest absolute Gasteiger partial charge is 0.217 e. The normalized spacial score (nSPS) is 12.9. The van der Waals surface area contributed by atoms with Crippen LogP contribution >= 0.6 is 0 Å². The predicted molar refractivity (Wildman–Crippen MR) is 44.8 cm³/mol. The first-order valence-corrected chi connectivity index (χ1v) is 3.81. The molecule has 1 rings (SSSR count). The van der Waals surface area contributed by atoms with Gasteiger partial charge in [-0.3, -0.25) is 0 Å². The Morgan fingerprint density at radius 2 is 2.33 bits per heavy atom. The maximum Gasteiger partial charge on any atom is 0.217 e. The molecule has 4 heteroatoms. The zero-order valence-corrected chi connectivity index (χ0v) is 6.70. The number of aromatic nitrogens is 1. The van der Waals surface area contributed by atoms with E-state index in [-0.39, 0.29) is 6.04 Å². The zero-order chi connectivity index (χ0) is 8.97. The van der Waals surface area contributed by atoms with Crippen LogP contribution < -0.4 is 11.5 Å². The van der Waals surface area contributed by atoms with Crippen molar-refractivity contribution in [2.45, 2.75) is 12.5 Å². The van der Waals surface area contributed by atoms with Gasteiger partial charge in [-0.1, -0.05) is 6.07 Å². The van der Waals surface area contributed by atoms with Crippen molar-refractivity contribution in [1.82, 2.24) is 4.98 Å². The average Bonchev–Trinajstić information content (AvgIpc) is 2.05. The summed E-state index contributed by atoms with van der Waals surface area (Å²) < 4.78 is 12.9. The fourth-order valence-corrected chi connectivity index (χ4v) is 1.01. The number of hydrogen-bond acceptors (Lipinski definition) is 3. The van der Waals surface area contributed by atoms with Crippen molar-refractivity contribution in [3.8, 4) is 0 Å². The van der Waals surface area contributed by atoms with Gasteiger partial charge in [0.2, 0.25) is 5.95 Å². The highest BCUT2D eigenvalue weighted by Crippen LogP contribution is 2.14. The van der Waals surface area contributed by atoms with E-state index in [0.717, 1.165) is 0 Å². The van der Waals surface area contributed by atoms with Crippen molar-refractivity contribution >= 4 is 0 Å². The van der Waals surface area contributed by atoms with Gasteiger partial charge in [-0.15, -0.1) is 0 Å². The van der Waals surface area contributed by atoms with Gasteiger partial charge in [0, 0.05) is 17.8 Å². The van der Waals surface area contributed by atoms with E-state index in [2.05, 4.69) is 4.98 Å². The molecule has 3 nitrogen and oxygen atoms in total. The van der Waals surface area contributed by atoms with E-state index in [4.69, 9.17) is 11.5 Å². The largest absolute Gasteiger partial charge is 0.330 e. The van der Waals surface area contributed by atoms with Crippen LogP contribution in [0.1, 0.15) is 18.0 Å². The molecule has 0 aliphatic heterocycles. The Morgan fingerprint density at radius 3 is 2.92 bits per heavy atom. The highest BCUT2D eigenvalue weighted by molar-refractivity contribution is 5.14. The first-order chi connectivity index (χ1) is 5.75. The molecule has 66 valence electrons. The third-order valence-corrected chi connectivity index (χ3v) is 1.67. The van der Waals surface area contributed by atoms with Crippen molar-refractivity contribution < 1.29 is 4.39 Å². The molecule has 1 atom stereocenters. The summed E-state index contributed by atoms with van der Waals surface area (Å²) in [5, 5.41) is 0. The summed E-state index contributed by atoms with van der Waals surface area (Å²) in [7, 11) is 0. The summed E-state index contributed by atoms with van der Waals surface area (Å²) >= 11 is 0. The van der Waals surface area contributed by atoms with Crippen molar-refractivity contribution in [1.29, 1.82) is 0 Å². The molecule has 0 saturated carbocycles. The average molecular weight is 169 g/mol. The minimum absolute atomic E-state index is 0.344. The first-order valence-electron chi connectivity index (χ1n) is 3.81. The second kappa shape index (κ2) is 4.13. The Labute approximate surface area is 70.6 Å². The van der Waals surface area contributed by atoms with Crippen molar-refractivity contribution in [2.24, 2.45) is 11.5 Å². The molecule has 0 aliphatic rings.